The van der Waals surface area contributed by atoms with Crippen molar-refractivity contribution in [2.45, 2.75) is 6.92 Å². The fraction of sp³-hybridized carbons (Fsp3) is 0.0222. The molecule has 0 spiro atoms. The molecule has 1 heterocycles. The minimum Gasteiger partial charge on any atom is -0.456 e. The topological polar surface area (TPSA) is 16.4 Å². The predicted octanol–water partition coefficient (Wildman–Crippen LogP) is 13.0. The Hall–Kier alpha value is -6.12. The lowest BCUT2D eigenvalue weighted by Crippen LogP contribution is -2.10. The molecule has 0 N–H and O–H groups in total. The standard InChI is InChI=1S/C45H31NO/c1-30-39-15-6-7-19-44(39)47-45(30)36-13-8-14-38(29-36)46(43-18-9-12-32-10-3-5-17-42(32)43)37-25-22-31(23-26-37)34-24-27-41-35(28-34)21-20-33-11-2-4-16-40(33)41/h2-29H,1H3. The quantitative estimate of drug-likeness (QED) is 0.182. The zero-order chi connectivity index (χ0) is 31.3. The molecule has 0 unspecified atom stereocenters. The van der Waals surface area contributed by atoms with Gasteiger partial charge in [-0.15, -0.1) is 0 Å². The maximum Gasteiger partial charge on any atom is 0.138 e. The molecule has 0 saturated heterocycles. The van der Waals surface area contributed by atoms with E-state index in [9.17, 15) is 0 Å². The van der Waals surface area contributed by atoms with Gasteiger partial charge in [0.05, 0.1) is 5.69 Å². The van der Waals surface area contributed by atoms with Gasteiger partial charge in [-0.2, -0.15) is 0 Å². The molecular formula is C45H31NO. The molecule has 2 nitrogen and oxygen atoms in total. The fourth-order valence-electron chi connectivity index (χ4n) is 7.06. The van der Waals surface area contributed by atoms with Gasteiger partial charge in [-0.25, -0.2) is 0 Å². The Morgan fingerprint density at radius 3 is 1.87 bits per heavy atom. The molecule has 0 bridgehead atoms. The monoisotopic (exact) mass is 601 g/mol. The Balaban J connectivity index is 1.16. The molecule has 8 aromatic carbocycles. The van der Waals surface area contributed by atoms with Crippen molar-refractivity contribution in [2.24, 2.45) is 0 Å². The highest BCUT2D eigenvalue weighted by Gasteiger charge is 2.18. The number of para-hydroxylation sites is 1. The van der Waals surface area contributed by atoms with Crippen molar-refractivity contribution in [3.05, 3.63) is 175 Å². The van der Waals surface area contributed by atoms with Crippen molar-refractivity contribution in [3.63, 3.8) is 0 Å². The lowest BCUT2D eigenvalue weighted by Gasteiger charge is -2.27. The lowest BCUT2D eigenvalue weighted by atomic mass is 9.97. The number of anilines is 3. The highest BCUT2D eigenvalue weighted by atomic mass is 16.3. The van der Waals surface area contributed by atoms with Crippen molar-refractivity contribution < 1.29 is 4.42 Å². The number of furan rings is 1. The summed E-state index contributed by atoms with van der Waals surface area (Å²) in [6, 6.07) is 60.9. The molecule has 0 fully saturated rings. The smallest absolute Gasteiger partial charge is 0.138 e. The lowest BCUT2D eigenvalue weighted by molar-refractivity contribution is 0.629. The van der Waals surface area contributed by atoms with E-state index in [0.29, 0.717) is 0 Å². The van der Waals surface area contributed by atoms with Crippen LogP contribution in [0, 0.1) is 6.92 Å². The van der Waals surface area contributed by atoms with E-state index in [1.165, 1.54) is 43.4 Å². The summed E-state index contributed by atoms with van der Waals surface area (Å²) < 4.78 is 6.40. The first kappa shape index (κ1) is 27.2. The largest absolute Gasteiger partial charge is 0.456 e. The summed E-state index contributed by atoms with van der Waals surface area (Å²) in [6.45, 7) is 2.14. The third kappa shape index (κ3) is 4.65. The fourth-order valence-corrected chi connectivity index (χ4v) is 7.06. The molecule has 47 heavy (non-hydrogen) atoms. The zero-order valence-electron chi connectivity index (χ0n) is 26.0. The molecule has 9 aromatic rings. The van der Waals surface area contributed by atoms with Gasteiger partial charge in [0.2, 0.25) is 0 Å². The third-order valence-corrected chi connectivity index (χ3v) is 9.42. The van der Waals surface area contributed by atoms with Crippen LogP contribution in [0.3, 0.4) is 0 Å². The molecule has 0 radical (unpaired) electrons. The molecule has 0 saturated carbocycles. The highest BCUT2D eigenvalue weighted by molar-refractivity contribution is 6.08. The maximum atomic E-state index is 6.40. The van der Waals surface area contributed by atoms with Crippen LogP contribution < -0.4 is 4.90 Å². The number of hydrogen-bond donors (Lipinski definition) is 0. The average molecular weight is 602 g/mol. The van der Waals surface area contributed by atoms with Gasteiger partial charge in [-0.05, 0) is 87.4 Å². The molecule has 0 aliphatic rings. The number of rotatable bonds is 5. The van der Waals surface area contributed by atoms with Gasteiger partial charge in [0, 0.05) is 33.3 Å². The highest BCUT2D eigenvalue weighted by Crippen LogP contribution is 2.42. The van der Waals surface area contributed by atoms with Crippen molar-refractivity contribution in [1.82, 2.24) is 0 Å². The van der Waals surface area contributed by atoms with Gasteiger partial charge in [-0.3, -0.25) is 0 Å². The number of hydrogen-bond acceptors (Lipinski definition) is 2. The van der Waals surface area contributed by atoms with Crippen LogP contribution in [0.1, 0.15) is 5.56 Å². The van der Waals surface area contributed by atoms with Crippen LogP contribution in [0.2, 0.25) is 0 Å². The van der Waals surface area contributed by atoms with E-state index in [2.05, 4.69) is 170 Å². The molecule has 0 aliphatic heterocycles. The maximum absolute atomic E-state index is 6.40. The summed E-state index contributed by atoms with van der Waals surface area (Å²) in [6.07, 6.45) is 0. The Labute approximate surface area is 273 Å². The van der Waals surface area contributed by atoms with Crippen molar-refractivity contribution >= 4 is 60.3 Å². The van der Waals surface area contributed by atoms with Gasteiger partial charge in [0.25, 0.3) is 0 Å². The van der Waals surface area contributed by atoms with E-state index in [1.54, 1.807) is 0 Å². The summed E-state index contributed by atoms with van der Waals surface area (Å²) >= 11 is 0. The van der Waals surface area contributed by atoms with Crippen LogP contribution in [0.5, 0.6) is 0 Å². The molecule has 1 aromatic heterocycles. The predicted molar refractivity (Wildman–Crippen MR) is 199 cm³/mol. The molecule has 9 rings (SSSR count). The first-order valence-electron chi connectivity index (χ1n) is 16.1. The second-order valence-electron chi connectivity index (χ2n) is 12.2. The van der Waals surface area contributed by atoms with E-state index in [0.717, 1.165) is 44.9 Å². The molecule has 0 aliphatic carbocycles. The SMILES string of the molecule is Cc1c(-c2cccc(N(c3ccc(-c4ccc5c(ccc6ccccc65)c4)cc3)c3cccc4ccccc34)c2)oc2ccccc12. The van der Waals surface area contributed by atoms with Gasteiger partial charge < -0.3 is 9.32 Å². The minimum atomic E-state index is 0.908. The first-order chi connectivity index (χ1) is 23.2. The Morgan fingerprint density at radius 2 is 1.04 bits per heavy atom. The van der Waals surface area contributed by atoms with Crippen LogP contribution in [-0.4, -0.2) is 0 Å². The molecule has 0 amide bonds. The van der Waals surface area contributed by atoms with Crippen molar-refractivity contribution in [3.8, 4) is 22.5 Å². The summed E-state index contributed by atoms with van der Waals surface area (Å²) in [4.78, 5) is 2.36. The number of fused-ring (bicyclic) bond motifs is 5. The Morgan fingerprint density at radius 1 is 0.404 bits per heavy atom. The van der Waals surface area contributed by atoms with E-state index < -0.39 is 0 Å². The summed E-state index contributed by atoms with van der Waals surface area (Å²) in [7, 11) is 0. The van der Waals surface area contributed by atoms with E-state index >= 15 is 0 Å². The first-order valence-corrected chi connectivity index (χ1v) is 16.1. The van der Waals surface area contributed by atoms with Gasteiger partial charge in [0.1, 0.15) is 11.3 Å². The van der Waals surface area contributed by atoms with Gasteiger partial charge in [-0.1, -0.05) is 127 Å². The van der Waals surface area contributed by atoms with Crippen LogP contribution in [0.15, 0.2) is 174 Å². The molecule has 0 atom stereocenters. The Kier molecular flexibility index (Phi) is 6.39. The second kappa shape index (κ2) is 11.0. The molecule has 2 heteroatoms. The summed E-state index contributed by atoms with van der Waals surface area (Å²) in [5.41, 5.74) is 8.82. The van der Waals surface area contributed by atoms with Crippen molar-refractivity contribution in [2.75, 3.05) is 4.90 Å². The van der Waals surface area contributed by atoms with Gasteiger partial charge in [0.15, 0.2) is 0 Å². The van der Waals surface area contributed by atoms with Crippen molar-refractivity contribution in [1.29, 1.82) is 0 Å². The van der Waals surface area contributed by atoms with Gasteiger partial charge >= 0.3 is 0 Å². The summed E-state index contributed by atoms with van der Waals surface area (Å²) in [5, 5.41) is 8.65. The Bertz CT molecular complexity index is 2590. The number of aryl methyl sites for hydroxylation is 1. The normalized spacial score (nSPS) is 11.5. The zero-order valence-corrected chi connectivity index (χ0v) is 26.0. The van der Waals surface area contributed by atoms with Crippen LogP contribution in [-0.2, 0) is 0 Å². The number of nitrogens with zero attached hydrogens (tertiary/aromatic N) is 1. The van der Waals surface area contributed by atoms with E-state index in [4.69, 9.17) is 4.42 Å². The van der Waals surface area contributed by atoms with E-state index in [1.807, 2.05) is 12.1 Å². The summed E-state index contributed by atoms with van der Waals surface area (Å²) in [5.74, 6) is 0.908. The minimum absolute atomic E-state index is 0.908. The average Bonchev–Trinajstić information content (AvgIpc) is 3.48. The van der Waals surface area contributed by atoms with Crippen LogP contribution in [0.25, 0.3) is 65.7 Å². The second-order valence-corrected chi connectivity index (χ2v) is 12.2. The van der Waals surface area contributed by atoms with E-state index in [-0.39, 0.29) is 0 Å². The van der Waals surface area contributed by atoms with Crippen LogP contribution in [0.4, 0.5) is 17.1 Å². The molecule has 222 valence electrons. The molecular weight excluding hydrogens is 571 g/mol. The van der Waals surface area contributed by atoms with Crippen LogP contribution >= 0.6 is 0 Å². The third-order valence-electron chi connectivity index (χ3n) is 9.42. The number of benzene rings is 8.